The number of anilines is 1. The third-order valence-electron chi connectivity index (χ3n) is 2.39. The molecule has 0 aliphatic heterocycles. The van der Waals surface area contributed by atoms with Crippen LogP contribution in [0, 0.1) is 11.3 Å². The largest absolute Gasteiger partial charge is 0.298 e. The van der Waals surface area contributed by atoms with Crippen LogP contribution in [0.2, 0.25) is 0 Å². The van der Waals surface area contributed by atoms with Gasteiger partial charge in [-0.05, 0) is 12.1 Å². The third kappa shape index (κ3) is 4.23. The SMILES string of the molecule is N#CCCN(c1cccc(C=O)c1)S(=O)(=O)CCCl. The number of hydrogen-bond acceptors (Lipinski definition) is 4. The zero-order valence-electron chi connectivity index (χ0n) is 10.1. The first-order chi connectivity index (χ1) is 9.05. The van der Waals surface area contributed by atoms with E-state index in [-0.39, 0.29) is 24.6 Å². The van der Waals surface area contributed by atoms with Crippen molar-refractivity contribution in [2.75, 3.05) is 22.5 Å². The summed E-state index contributed by atoms with van der Waals surface area (Å²) in [7, 11) is -3.59. The lowest BCUT2D eigenvalue weighted by atomic mass is 10.2. The number of sulfonamides is 1. The van der Waals surface area contributed by atoms with Gasteiger partial charge in [-0.3, -0.25) is 9.10 Å². The average Bonchev–Trinajstić information content (AvgIpc) is 2.39. The number of halogens is 1. The van der Waals surface area contributed by atoms with Gasteiger partial charge in [0.15, 0.2) is 0 Å². The molecule has 0 radical (unpaired) electrons. The lowest BCUT2D eigenvalue weighted by molar-refractivity contribution is 0.112. The highest BCUT2D eigenvalue weighted by atomic mass is 35.5. The first-order valence-corrected chi connectivity index (χ1v) is 7.68. The molecule has 19 heavy (non-hydrogen) atoms. The molecule has 0 fully saturated rings. The molecule has 0 aliphatic carbocycles. The second-order valence-corrected chi connectivity index (χ2v) is 6.09. The molecule has 102 valence electrons. The van der Waals surface area contributed by atoms with Crippen LogP contribution in [-0.4, -0.2) is 32.9 Å². The molecule has 0 atom stereocenters. The summed E-state index contributed by atoms with van der Waals surface area (Å²) in [5.41, 5.74) is 0.741. The van der Waals surface area contributed by atoms with Gasteiger partial charge in [0.25, 0.3) is 0 Å². The van der Waals surface area contributed by atoms with Crippen molar-refractivity contribution in [3.05, 3.63) is 29.8 Å². The second kappa shape index (κ2) is 7.12. The van der Waals surface area contributed by atoms with Crippen molar-refractivity contribution in [1.29, 1.82) is 5.26 Å². The van der Waals surface area contributed by atoms with Crippen molar-refractivity contribution in [1.82, 2.24) is 0 Å². The van der Waals surface area contributed by atoms with Gasteiger partial charge in [0.1, 0.15) is 6.29 Å². The van der Waals surface area contributed by atoms with Crippen molar-refractivity contribution >= 4 is 33.6 Å². The molecule has 0 amide bonds. The lowest BCUT2D eigenvalue weighted by Gasteiger charge is -2.23. The van der Waals surface area contributed by atoms with E-state index in [0.29, 0.717) is 17.5 Å². The minimum Gasteiger partial charge on any atom is -0.298 e. The summed E-state index contributed by atoms with van der Waals surface area (Å²) < 4.78 is 25.3. The molecule has 0 saturated heterocycles. The van der Waals surface area contributed by atoms with Crippen molar-refractivity contribution in [3.63, 3.8) is 0 Å². The Hall–Kier alpha value is -1.58. The van der Waals surface area contributed by atoms with Crippen LogP contribution < -0.4 is 4.31 Å². The highest BCUT2D eigenvalue weighted by Crippen LogP contribution is 2.20. The predicted octanol–water partition coefficient (Wildman–Crippen LogP) is 1.79. The van der Waals surface area contributed by atoms with Gasteiger partial charge in [-0.15, -0.1) is 11.6 Å². The molecular weight excluding hydrogens is 288 g/mol. The fraction of sp³-hybridized carbons (Fsp3) is 0.333. The molecule has 0 spiro atoms. The monoisotopic (exact) mass is 300 g/mol. The molecule has 0 bridgehead atoms. The Labute approximate surface area is 117 Å². The maximum atomic E-state index is 12.1. The van der Waals surface area contributed by atoms with Crippen molar-refractivity contribution < 1.29 is 13.2 Å². The van der Waals surface area contributed by atoms with Gasteiger partial charge in [-0.1, -0.05) is 12.1 Å². The van der Waals surface area contributed by atoms with E-state index in [1.165, 1.54) is 6.07 Å². The Morgan fingerprint density at radius 1 is 1.42 bits per heavy atom. The molecule has 1 rings (SSSR count). The van der Waals surface area contributed by atoms with Crippen LogP contribution in [0.3, 0.4) is 0 Å². The van der Waals surface area contributed by atoms with Crippen LogP contribution in [-0.2, 0) is 10.0 Å². The van der Waals surface area contributed by atoms with Crippen molar-refractivity contribution in [3.8, 4) is 6.07 Å². The van der Waals surface area contributed by atoms with Crippen molar-refractivity contribution in [2.24, 2.45) is 0 Å². The van der Waals surface area contributed by atoms with E-state index in [0.717, 1.165) is 4.31 Å². The van der Waals surface area contributed by atoms with E-state index in [4.69, 9.17) is 16.9 Å². The van der Waals surface area contributed by atoms with Crippen LogP contribution in [0.1, 0.15) is 16.8 Å². The number of carbonyl (C=O) groups excluding carboxylic acids is 1. The summed E-state index contributed by atoms with van der Waals surface area (Å²) in [5, 5.41) is 8.60. The predicted molar refractivity (Wildman–Crippen MR) is 73.9 cm³/mol. The van der Waals surface area contributed by atoms with E-state index in [1.54, 1.807) is 18.2 Å². The smallest absolute Gasteiger partial charge is 0.236 e. The quantitative estimate of drug-likeness (QED) is 0.568. The number of nitrogens with zero attached hydrogens (tertiary/aromatic N) is 2. The minimum atomic E-state index is -3.59. The number of alkyl halides is 1. The Bertz CT molecular complexity index is 581. The van der Waals surface area contributed by atoms with E-state index >= 15 is 0 Å². The number of aldehydes is 1. The van der Waals surface area contributed by atoms with Crippen LogP contribution in [0.15, 0.2) is 24.3 Å². The number of carbonyl (C=O) groups is 1. The highest BCUT2D eigenvalue weighted by molar-refractivity contribution is 7.92. The summed E-state index contributed by atoms with van der Waals surface area (Å²) >= 11 is 5.48. The maximum absolute atomic E-state index is 12.1. The summed E-state index contributed by atoms with van der Waals surface area (Å²) in [6.07, 6.45) is 0.701. The number of rotatable bonds is 7. The van der Waals surface area contributed by atoms with E-state index in [9.17, 15) is 13.2 Å². The zero-order chi connectivity index (χ0) is 14.3. The maximum Gasteiger partial charge on any atom is 0.236 e. The number of hydrogen-bond donors (Lipinski definition) is 0. The first kappa shape index (κ1) is 15.5. The van der Waals surface area contributed by atoms with Gasteiger partial charge < -0.3 is 0 Å². The van der Waals surface area contributed by atoms with Gasteiger partial charge in [0, 0.05) is 18.0 Å². The van der Waals surface area contributed by atoms with E-state index in [2.05, 4.69) is 0 Å². The normalized spacial score (nSPS) is 10.7. The molecule has 0 unspecified atom stereocenters. The fourth-order valence-electron chi connectivity index (χ4n) is 1.54. The number of benzene rings is 1. The van der Waals surface area contributed by atoms with Crippen LogP contribution >= 0.6 is 11.6 Å². The molecule has 0 aliphatic rings. The lowest BCUT2D eigenvalue weighted by Crippen LogP contribution is -2.34. The minimum absolute atomic E-state index is 0.0290. The summed E-state index contributed by atoms with van der Waals surface area (Å²) in [6.45, 7) is 0.0397. The zero-order valence-corrected chi connectivity index (χ0v) is 11.7. The van der Waals surface area contributed by atoms with Gasteiger partial charge in [-0.2, -0.15) is 5.26 Å². The Kier molecular flexibility index (Phi) is 5.80. The molecule has 0 N–H and O–H groups in total. The molecule has 0 aromatic heterocycles. The molecule has 0 heterocycles. The standard InChI is InChI=1S/C12H13ClN2O3S/c13-5-8-19(17,18)15(7-2-6-14)12-4-1-3-11(9-12)10-16/h1,3-4,9-10H,2,5,7-8H2. The molecule has 0 saturated carbocycles. The van der Waals surface area contributed by atoms with Gasteiger partial charge in [-0.25, -0.2) is 8.42 Å². The molecule has 1 aromatic rings. The second-order valence-electron chi connectivity index (χ2n) is 3.70. The molecule has 1 aromatic carbocycles. The third-order valence-corrected chi connectivity index (χ3v) is 4.59. The molecule has 5 nitrogen and oxygen atoms in total. The Morgan fingerprint density at radius 2 is 2.16 bits per heavy atom. The van der Waals surface area contributed by atoms with Crippen molar-refractivity contribution in [2.45, 2.75) is 6.42 Å². The fourth-order valence-corrected chi connectivity index (χ4v) is 3.35. The first-order valence-electron chi connectivity index (χ1n) is 5.53. The molecule has 7 heteroatoms. The highest BCUT2D eigenvalue weighted by Gasteiger charge is 2.21. The summed E-state index contributed by atoms with van der Waals surface area (Å²) in [6, 6.07) is 8.12. The van der Waals surface area contributed by atoms with E-state index in [1.807, 2.05) is 6.07 Å². The Balaban J connectivity index is 3.16. The average molecular weight is 301 g/mol. The summed E-state index contributed by atoms with van der Waals surface area (Å²) in [5.74, 6) is -0.246. The van der Waals surface area contributed by atoms with Gasteiger partial charge >= 0.3 is 0 Å². The molecular formula is C12H13ClN2O3S. The van der Waals surface area contributed by atoms with Crippen LogP contribution in [0.25, 0.3) is 0 Å². The Morgan fingerprint density at radius 3 is 2.74 bits per heavy atom. The van der Waals surface area contributed by atoms with Crippen LogP contribution in [0.5, 0.6) is 0 Å². The summed E-state index contributed by atoms with van der Waals surface area (Å²) in [4.78, 5) is 10.7. The van der Waals surface area contributed by atoms with Gasteiger partial charge in [0.2, 0.25) is 10.0 Å². The number of nitriles is 1. The van der Waals surface area contributed by atoms with Crippen LogP contribution in [0.4, 0.5) is 5.69 Å². The topological polar surface area (TPSA) is 78.2 Å². The van der Waals surface area contributed by atoms with Gasteiger partial charge in [0.05, 0.1) is 23.9 Å². The van der Waals surface area contributed by atoms with E-state index < -0.39 is 10.0 Å².